The molecule has 0 saturated carbocycles. The van der Waals surface area contributed by atoms with Crippen LogP contribution in [0.2, 0.25) is 0 Å². The predicted molar refractivity (Wildman–Crippen MR) is 87.4 cm³/mol. The van der Waals surface area contributed by atoms with Gasteiger partial charge < -0.3 is 14.9 Å². The molecule has 1 aromatic carbocycles. The molecule has 0 spiro atoms. The van der Waals surface area contributed by atoms with Gasteiger partial charge in [0.05, 0.1) is 6.61 Å². The van der Waals surface area contributed by atoms with E-state index in [-0.39, 0.29) is 35.4 Å². The lowest BCUT2D eigenvalue weighted by Gasteiger charge is -2.25. The van der Waals surface area contributed by atoms with Gasteiger partial charge in [0.25, 0.3) is 0 Å². The van der Waals surface area contributed by atoms with E-state index >= 15 is 0 Å². The maximum Gasteiger partial charge on any atom is 0.340 e. The number of nitrogens with one attached hydrogen (secondary N) is 1. The molecule has 2 aliphatic heterocycles. The van der Waals surface area contributed by atoms with Gasteiger partial charge in [-0.05, 0) is 12.5 Å². The third kappa shape index (κ3) is 2.60. The van der Waals surface area contributed by atoms with Gasteiger partial charge >= 0.3 is 5.97 Å². The van der Waals surface area contributed by atoms with E-state index < -0.39 is 10.9 Å². The number of hydrogen-bond acceptors (Lipinski definition) is 6. The molecule has 1 aromatic rings. The first-order valence-corrected chi connectivity index (χ1v) is 7.84. The number of benzene rings is 1. The molecule has 0 aliphatic carbocycles. The van der Waals surface area contributed by atoms with Crippen LogP contribution in [0.3, 0.4) is 0 Å². The first kappa shape index (κ1) is 15.6. The Balaban J connectivity index is 2.08. The average Bonchev–Trinajstić information content (AvgIpc) is 2.85. The minimum atomic E-state index is -0.592. The van der Waals surface area contributed by atoms with E-state index in [9.17, 15) is 15.0 Å². The fourth-order valence-electron chi connectivity index (χ4n) is 2.38. The molecule has 23 heavy (non-hydrogen) atoms. The molecular weight excluding hydrogens is 366 g/mol. The van der Waals surface area contributed by atoms with Crippen molar-refractivity contribution < 1.29 is 19.7 Å². The molecule has 3 N–H and O–H groups in total. The van der Waals surface area contributed by atoms with Crippen molar-refractivity contribution in [1.29, 1.82) is 0 Å². The smallest absolute Gasteiger partial charge is 0.340 e. The molecule has 0 amide bonds. The van der Waals surface area contributed by atoms with Gasteiger partial charge in [0.15, 0.2) is 5.82 Å². The number of rotatable bonds is 3. The van der Waals surface area contributed by atoms with Crippen LogP contribution < -0.4 is 5.43 Å². The minimum absolute atomic E-state index is 0.0972. The summed E-state index contributed by atoms with van der Waals surface area (Å²) >= 11 is 3.29. The Morgan fingerprint density at radius 3 is 2.74 bits per heavy atom. The molecule has 0 saturated heterocycles. The molecule has 2 heterocycles. The van der Waals surface area contributed by atoms with Crippen molar-refractivity contribution >= 4 is 33.4 Å². The van der Waals surface area contributed by atoms with Crippen molar-refractivity contribution in [3.05, 3.63) is 53.2 Å². The van der Waals surface area contributed by atoms with E-state index in [1.807, 2.05) is 6.07 Å². The molecule has 0 radical (unpaired) electrons. The predicted octanol–water partition coefficient (Wildman–Crippen LogP) is 2.20. The molecule has 3 rings (SSSR count). The second-order valence-corrected chi connectivity index (χ2v) is 5.70. The zero-order chi connectivity index (χ0) is 16.6. The normalized spacial score (nSPS) is 20.5. The van der Waals surface area contributed by atoms with Crippen LogP contribution in [-0.4, -0.2) is 38.6 Å². The summed E-state index contributed by atoms with van der Waals surface area (Å²) in [6.45, 7) is 1.90. The summed E-state index contributed by atoms with van der Waals surface area (Å²) < 4.78 is 4.99. The molecule has 1 atom stereocenters. The van der Waals surface area contributed by atoms with Crippen molar-refractivity contribution in [2.75, 3.05) is 6.61 Å². The number of ether oxygens (including phenoxy) is 1. The monoisotopic (exact) mass is 379 g/mol. The van der Waals surface area contributed by atoms with Crippen molar-refractivity contribution in [3.63, 3.8) is 0 Å². The Labute approximate surface area is 140 Å². The van der Waals surface area contributed by atoms with Crippen molar-refractivity contribution in [1.82, 2.24) is 10.4 Å². The number of aliphatic hydroxyl groups is 2. The van der Waals surface area contributed by atoms with Gasteiger partial charge in [-0.2, -0.15) is 4.99 Å². The number of nitrogens with zero attached hydrogens (tertiary/aromatic N) is 2. The molecule has 0 fully saturated rings. The molecule has 0 aromatic heterocycles. The zero-order valence-electron chi connectivity index (χ0n) is 12.2. The van der Waals surface area contributed by atoms with E-state index in [0.29, 0.717) is 5.56 Å². The SMILES string of the molecule is CCOC(=O)C1=C2N=C(O)C(c3ccccc3)=C(O)N2NC1Br. The largest absolute Gasteiger partial charge is 0.493 e. The van der Waals surface area contributed by atoms with Crippen LogP contribution in [0.1, 0.15) is 12.5 Å². The van der Waals surface area contributed by atoms with Gasteiger partial charge in [-0.3, -0.25) is 0 Å². The van der Waals surface area contributed by atoms with Crippen LogP contribution >= 0.6 is 15.9 Å². The highest BCUT2D eigenvalue weighted by Gasteiger charge is 2.41. The number of halogens is 1. The topological polar surface area (TPSA) is 94.4 Å². The van der Waals surface area contributed by atoms with Crippen molar-refractivity contribution in [2.45, 2.75) is 11.9 Å². The molecule has 7 nitrogen and oxygen atoms in total. The number of fused-ring (bicyclic) bond motifs is 1. The first-order valence-electron chi connectivity index (χ1n) is 6.93. The van der Waals surface area contributed by atoms with Crippen LogP contribution in [0, 0.1) is 0 Å². The Morgan fingerprint density at radius 2 is 2.09 bits per heavy atom. The lowest BCUT2D eigenvalue weighted by molar-refractivity contribution is -0.138. The summed E-state index contributed by atoms with van der Waals surface area (Å²) in [6, 6.07) is 8.86. The van der Waals surface area contributed by atoms with Crippen LogP contribution in [0.5, 0.6) is 0 Å². The summed E-state index contributed by atoms with van der Waals surface area (Å²) in [7, 11) is 0. The molecule has 120 valence electrons. The van der Waals surface area contributed by atoms with E-state index in [2.05, 4.69) is 26.3 Å². The molecular formula is C15H14BrN3O4. The van der Waals surface area contributed by atoms with Crippen LogP contribution in [0.25, 0.3) is 5.57 Å². The number of carbonyl (C=O) groups is 1. The van der Waals surface area contributed by atoms with E-state index in [1.54, 1.807) is 31.2 Å². The van der Waals surface area contributed by atoms with Gasteiger partial charge in [0, 0.05) is 0 Å². The Kier molecular flexibility index (Phi) is 4.10. The Morgan fingerprint density at radius 1 is 1.39 bits per heavy atom. The number of aliphatic imine (C=N–C) groups is 1. The lowest BCUT2D eigenvalue weighted by Crippen LogP contribution is -2.37. The number of hydrogen-bond donors (Lipinski definition) is 3. The summed E-state index contributed by atoms with van der Waals surface area (Å²) in [5.74, 6) is -1.10. The van der Waals surface area contributed by atoms with E-state index in [0.717, 1.165) is 0 Å². The van der Waals surface area contributed by atoms with E-state index in [1.165, 1.54) is 5.01 Å². The number of carbonyl (C=O) groups excluding carboxylic acids is 1. The molecule has 1 unspecified atom stereocenters. The lowest BCUT2D eigenvalue weighted by atomic mass is 10.1. The number of hydrazine groups is 1. The maximum atomic E-state index is 12.1. The third-order valence-electron chi connectivity index (χ3n) is 3.38. The zero-order valence-corrected chi connectivity index (χ0v) is 13.7. The maximum absolute atomic E-state index is 12.1. The summed E-state index contributed by atoms with van der Waals surface area (Å²) in [5.41, 5.74) is 3.81. The summed E-state index contributed by atoms with van der Waals surface area (Å²) in [4.78, 5) is 15.5. The third-order valence-corrected chi connectivity index (χ3v) is 4.04. The van der Waals surface area contributed by atoms with Gasteiger partial charge in [-0.15, -0.1) is 0 Å². The number of esters is 1. The fourth-order valence-corrected chi connectivity index (χ4v) is 2.98. The Bertz CT molecular complexity index is 742. The van der Waals surface area contributed by atoms with Gasteiger partial charge in [0.1, 0.15) is 16.1 Å². The van der Waals surface area contributed by atoms with Gasteiger partial charge in [0.2, 0.25) is 11.8 Å². The van der Waals surface area contributed by atoms with Gasteiger partial charge in [-0.1, -0.05) is 46.3 Å². The highest BCUT2D eigenvalue weighted by Crippen LogP contribution is 2.35. The summed E-state index contributed by atoms with van der Waals surface area (Å²) in [6.07, 6.45) is 0. The standard InChI is InChI=1S/C15H14BrN3O4/c1-2-23-15(22)10-11(16)18-19-12(10)17-13(20)9(14(19)21)8-6-4-3-5-7-8/h3-7,11,18,21H,2H2,1H3,(H,17,20). The van der Waals surface area contributed by atoms with E-state index in [4.69, 9.17) is 4.74 Å². The molecule has 8 heteroatoms. The number of alkyl halides is 1. The average molecular weight is 380 g/mol. The van der Waals surface area contributed by atoms with Crippen LogP contribution in [0.4, 0.5) is 0 Å². The highest BCUT2D eigenvalue weighted by atomic mass is 79.9. The van der Waals surface area contributed by atoms with Crippen LogP contribution in [0.15, 0.2) is 52.6 Å². The fraction of sp³-hybridized carbons (Fsp3) is 0.200. The van der Waals surface area contributed by atoms with Gasteiger partial charge in [-0.25, -0.2) is 15.2 Å². The van der Waals surface area contributed by atoms with Crippen molar-refractivity contribution in [3.8, 4) is 0 Å². The highest BCUT2D eigenvalue weighted by molar-refractivity contribution is 9.09. The quantitative estimate of drug-likeness (QED) is 0.423. The summed E-state index contributed by atoms with van der Waals surface area (Å²) in [5, 5.41) is 22.0. The second-order valence-electron chi connectivity index (χ2n) is 4.78. The van der Waals surface area contributed by atoms with Crippen molar-refractivity contribution in [2.24, 2.45) is 4.99 Å². The minimum Gasteiger partial charge on any atom is -0.493 e. The second kappa shape index (κ2) is 6.05. The first-order chi connectivity index (χ1) is 11.0. The van der Waals surface area contributed by atoms with Crippen LogP contribution in [-0.2, 0) is 9.53 Å². The number of aliphatic hydroxyl groups excluding tert-OH is 2. The molecule has 2 aliphatic rings. The molecule has 0 bridgehead atoms. The Hall–Kier alpha value is -2.32.